The Hall–Kier alpha value is -15.3. The van der Waals surface area contributed by atoms with Crippen LogP contribution >= 0.6 is 0 Å². The fourth-order valence-electron chi connectivity index (χ4n) is 11.3. The van der Waals surface area contributed by atoms with Crippen molar-refractivity contribution in [3.05, 3.63) is 412 Å². The van der Waals surface area contributed by atoms with Gasteiger partial charge in [-0.2, -0.15) is 13.2 Å². The number of alkyl halides is 3. The molecule has 0 unspecified atom stereocenters. The normalized spacial score (nSPS) is 9.87. The number of carbonyl (C=O) groups excluding carboxylic acids is 2. The molecule has 0 aliphatic carbocycles. The molecule has 8 aromatic carbocycles. The van der Waals surface area contributed by atoms with E-state index >= 15 is 0 Å². The number of aryl methyl sites for hydroxylation is 7. The van der Waals surface area contributed by atoms with E-state index in [9.17, 15) is 50.7 Å². The fourth-order valence-corrected chi connectivity index (χ4v) is 11.3. The first-order chi connectivity index (χ1) is 63.7. The van der Waals surface area contributed by atoms with E-state index in [-0.39, 0.29) is 115 Å². The van der Waals surface area contributed by atoms with Gasteiger partial charge in [-0.05, 0) is 160 Å². The number of benzene rings is 8. The number of carboxylic acid groups (broad SMARTS) is 4. The Balaban J connectivity index is 0.000000286. The predicted octanol–water partition coefficient (Wildman–Crippen LogP) is 21.0. The van der Waals surface area contributed by atoms with Crippen LogP contribution in [0.15, 0.2) is 280 Å². The molecule has 0 fully saturated rings. The summed E-state index contributed by atoms with van der Waals surface area (Å²) in [6.07, 6.45) is 4.64. The molecule has 8 aromatic heterocycles. The van der Waals surface area contributed by atoms with Gasteiger partial charge in [0, 0.05) is 164 Å². The number of aromatic carboxylic acids is 4. The maximum absolute atomic E-state index is 13.1. The minimum atomic E-state index is -4.38. The Morgan fingerprint density at radius 2 is 0.686 bits per heavy atom. The fraction of sp³-hybridized carbons (Fsp3) is 0.0980. The summed E-state index contributed by atoms with van der Waals surface area (Å²) in [4.78, 5) is 118. The second-order valence-electron chi connectivity index (χ2n) is 27.8. The van der Waals surface area contributed by atoms with Crippen molar-refractivity contribution in [3.63, 3.8) is 0 Å². The van der Waals surface area contributed by atoms with Crippen molar-refractivity contribution in [2.24, 2.45) is 0 Å². The summed E-state index contributed by atoms with van der Waals surface area (Å²) in [5, 5.41) is 42.2. The number of hydrogen-bond donors (Lipinski definition) is 4. The Kier molecular flexibility index (Phi) is 45.4. The van der Waals surface area contributed by atoms with Gasteiger partial charge >= 0.3 is 36.0 Å². The number of esters is 2. The molecule has 4 N–H and O–H groups in total. The summed E-state index contributed by atoms with van der Waals surface area (Å²) in [6.45, 7) is 20.3. The molecule has 0 bridgehead atoms. The minimum absolute atomic E-state index is 0. The number of carboxylic acids is 4. The second-order valence-corrected chi connectivity index (χ2v) is 27.8. The van der Waals surface area contributed by atoms with Crippen LogP contribution < -0.4 is 0 Å². The molecule has 8 heterocycles. The molecule has 16 rings (SSSR count). The van der Waals surface area contributed by atoms with Gasteiger partial charge in [-0.1, -0.05) is 103 Å². The third-order valence-corrected chi connectivity index (χ3v) is 18.3. The number of rotatable bonds is 14. The zero-order chi connectivity index (χ0) is 96.3. The summed E-state index contributed by atoms with van der Waals surface area (Å²) in [5.41, 5.74) is 18.6. The molecule has 0 aliphatic rings. The number of ether oxygens (including phenoxy) is 2. The van der Waals surface area contributed by atoms with Gasteiger partial charge in [0.1, 0.15) is 28.6 Å². The van der Waals surface area contributed by atoms with Crippen molar-refractivity contribution in [2.75, 3.05) is 14.2 Å². The zero-order valence-corrected chi connectivity index (χ0v) is 83.2. The molecule has 0 atom stereocenters. The Morgan fingerprint density at radius 3 is 1.00 bits per heavy atom. The standard InChI is InChI=1S/C22H19N2O4.C20H13N4.C19H14F3N2.C17H11F2N2.4C6H5NO2.4Ir/c1-13-14(2)24-20(16-7-11-18(12-8-16)22(26)28-4)19(23-13)15-5-9-17(10-6-15)21(25)27-3;1-13-14(2)24-20(17-8-10-18(22-3)11-9-17)19(23-13)16-6-4-15(12-21)5-7-16;1-12-3-5-15(6-4-12)18-17(23-11-13(2)24-18)14-7-9-16(10-8-14)19(20,21)22;1-11-10-20-16(12-2-6-14(18)7-3-12)17(21-11)13-4-8-15(19)9-5-13;4*8-6(9)5-3-1-2-4-7-5;;;;/h5-7,9-12H,1-4H3;4-6,8-11H,1-2H3;3-7,9-11H,1-2H3;2,4-10H,1H3;4*1-4H,(H,8,9);;;;/q4*-1;;;;;;;;. The molecule has 702 valence electrons. The van der Waals surface area contributed by atoms with Crippen molar-refractivity contribution >= 4 is 41.5 Å². The average molecular weight is 2550 g/mol. The molecular weight excluding hydrogens is 2480 g/mol. The van der Waals surface area contributed by atoms with Crippen LogP contribution in [0.1, 0.15) is 114 Å². The summed E-state index contributed by atoms with van der Waals surface area (Å²) in [6, 6.07) is 78.7. The van der Waals surface area contributed by atoms with Gasteiger partial charge in [0.05, 0.1) is 71.9 Å². The van der Waals surface area contributed by atoms with E-state index < -0.39 is 47.6 Å². The van der Waals surface area contributed by atoms with Gasteiger partial charge < -0.3 is 39.9 Å². The van der Waals surface area contributed by atoms with Gasteiger partial charge in [0.2, 0.25) is 0 Å². The molecule has 0 amide bonds. The Labute approximate surface area is 838 Å². The largest absolute Gasteiger partial charge is 0.477 e. The summed E-state index contributed by atoms with van der Waals surface area (Å²) < 4.78 is 73.7. The van der Waals surface area contributed by atoms with E-state index in [1.54, 1.807) is 146 Å². The maximum Gasteiger partial charge on any atom is 0.381 e. The summed E-state index contributed by atoms with van der Waals surface area (Å²) >= 11 is 0. The number of halogens is 5. The third kappa shape index (κ3) is 33.7. The van der Waals surface area contributed by atoms with Crippen LogP contribution in [0.25, 0.3) is 94.9 Å². The molecule has 16 aromatic rings. The van der Waals surface area contributed by atoms with Crippen molar-refractivity contribution < 1.29 is 161 Å². The molecule has 0 saturated carbocycles. The molecule has 0 saturated heterocycles. The summed E-state index contributed by atoms with van der Waals surface area (Å²) in [7, 11) is 2.68. The zero-order valence-electron chi connectivity index (χ0n) is 73.6. The first-order valence-corrected chi connectivity index (χ1v) is 39.5. The van der Waals surface area contributed by atoms with E-state index in [0.29, 0.717) is 73.2 Å². The number of hydrogen-bond acceptors (Lipinski definition) is 21. The van der Waals surface area contributed by atoms with E-state index in [0.717, 1.165) is 91.1 Å². The van der Waals surface area contributed by atoms with Crippen LogP contribution in [0.3, 0.4) is 0 Å². The maximum atomic E-state index is 13.1. The number of nitrogens with zero attached hydrogens (tertiary/aromatic N) is 14. The number of methoxy groups -OCH3 is 2. The number of nitriles is 1. The van der Waals surface area contributed by atoms with Gasteiger partial charge in [0.25, 0.3) is 5.97 Å². The monoisotopic (exact) mass is 2560 g/mol. The quantitative estimate of drug-likeness (QED) is 0.0446. The molecule has 137 heavy (non-hydrogen) atoms. The molecule has 0 spiro atoms. The van der Waals surface area contributed by atoms with Crippen molar-refractivity contribution in [1.29, 1.82) is 5.26 Å². The van der Waals surface area contributed by atoms with Crippen LogP contribution in [-0.4, -0.2) is 130 Å². The smallest absolute Gasteiger partial charge is 0.381 e. The SMILES string of the molecule is COC(=O)c1c[c-]c(-c2nc(C)c(C)nc2-c2ccc(C(=O)OC)cc2)cc1.Cc1ccc(-c2nc(C)cnc2-c2[c-]cc(C(F)(F)F)cc2)cc1.Cc1cnc(-c2[c-]cc(F)cc2)c(-c2ccc(F)cc2)n1.O=C(O)c1ccccn1.O=C(O)c1ccccn1.O=C(O)c1ccccn1.O=C(O)c1ccccn1.[C-]#[N+]c1ccc(-c2nc(C)c(C)nc2-c2[c-]cc(C#N)cc2)cc1.[Ir].[Ir].[Ir].[Ir]. The Morgan fingerprint density at radius 1 is 0.365 bits per heavy atom. The number of pyridine rings is 4. The van der Waals surface area contributed by atoms with Gasteiger partial charge in [-0.25, -0.2) is 58.4 Å². The summed E-state index contributed by atoms with van der Waals surface area (Å²) in [5.74, 6) is -5.45. The van der Waals surface area contributed by atoms with Crippen molar-refractivity contribution in [3.8, 4) is 96.1 Å². The molecule has 26 nitrogen and oxygen atoms in total. The number of carbonyl (C=O) groups is 6. The van der Waals surface area contributed by atoms with Crippen molar-refractivity contribution in [1.82, 2.24) is 59.8 Å². The van der Waals surface area contributed by atoms with Gasteiger partial charge in [0.15, 0.2) is 5.69 Å². The second kappa shape index (κ2) is 55.4. The third-order valence-electron chi connectivity index (χ3n) is 18.3. The first-order valence-electron chi connectivity index (χ1n) is 39.5. The van der Waals surface area contributed by atoms with Crippen LogP contribution in [0.2, 0.25) is 0 Å². The van der Waals surface area contributed by atoms with E-state index in [1.165, 1.54) is 93.6 Å². The van der Waals surface area contributed by atoms with Crippen LogP contribution in [0.5, 0.6) is 0 Å². The van der Waals surface area contributed by atoms with Crippen molar-refractivity contribution in [2.45, 2.75) is 54.6 Å². The minimum Gasteiger partial charge on any atom is -0.477 e. The predicted molar refractivity (Wildman–Crippen MR) is 483 cm³/mol. The van der Waals surface area contributed by atoms with E-state index in [1.807, 2.05) is 90.9 Å². The Bertz CT molecular complexity index is 6420. The first kappa shape index (κ1) is 112. The molecule has 0 aliphatic heterocycles. The van der Waals surface area contributed by atoms with Crippen LogP contribution in [-0.2, 0) is 96.1 Å². The topological polar surface area (TPSA) is 385 Å². The van der Waals surface area contributed by atoms with Crippen LogP contribution in [0.4, 0.5) is 27.6 Å². The van der Waals surface area contributed by atoms with Gasteiger partial charge in [-0.15, -0.1) is 119 Å². The van der Waals surface area contributed by atoms with E-state index in [4.69, 9.17) is 51.7 Å². The molecular formula is C102H77F5Ir4N14O12-4. The van der Waals surface area contributed by atoms with E-state index in [2.05, 4.69) is 85.0 Å². The molecule has 35 heteroatoms. The number of aromatic nitrogens is 12. The molecule has 4 radical (unpaired) electrons. The van der Waals surface area contributed by atoms with Gasteiger partial charge in [-0.3, -0.25) is 39.1 Å². The average Bonchev–Trinajstić information content (AvgIpc) is 0.800. The van der Waals surface area contributed by atoms with Crippen LogP contribution in [0, 0.1) is 102 Å².